The number of piperidine rings is 1. The summed E-state index contributed by atoms with van der Waals surface area (Å²) in [5.74, 6) is 2.29. The van der Waals surface area contributed by atoms with Crippen molar-refractivity contribution in [3.8, 4) is 0 Å². The first-order chi connectivity index (χ1) is 10.1. The van der Waals surface area contributed by atoms with Crippen LogP contribution in [-0.2, 0) is 9.53 Å². The summed E-state index contributed by atoms with van der Waals surface area (Å²) >= 11 is 2.66. The van der Waals surface area contributed by atoms with Gasteiger partial charge in [-0.3, -0.25) is 4.79 Å². The molecule has 2 aliphatic heterocycles. The predicted molar refractivity (Wildman–Crippen MR) is 92.5 cm³/mol. The van der Waals surface area contributed by atoms with Crippen LogP contribution in [0.1, 0.15) is 51.9 Å². The van der Waals surface area contributed by atoms with Gasteiger partial charge in [-0.2, -0.15) is 0 Å². The van der Waals surface area contributed by atoms with Gasteiger partial charge in [-0.05, 0) is 56.3 Å². The molecule has 2 saturated heterocycles. The Bertz CT molecular complexity index is 389. The van der Waals surface area contributed by atoms with Gasteiger partial charge < -0.3 is 10.1 Å². The lowest BCUT2D eigenvalue weighted by Gasteiger charge is -2.44. The van der Waals surface area contributed by atoms with Gasteiger partial charge in [0.05, 0.1) is 13.0 Å². The molecule has 4 heteroatoms. The van der Waals surface area contributed by atoms with Crippen LogP contribution in [0.5, 0.6) is 0 Å². The molecule has 3 aliphatic rings. The maximum Gasteiger partial charge on any atom is 0.310 e. The molecule has 7 atom stereocenters. The van der Waals surface area contributed by atoms with Crippen molar-refractivity contribution in [1.82, 2.24) is 5.32 Å². The van der Waals surface area contributed by atoms with Crippen LogP contribution in [0.4, 0.5) is 0 Å². The molecule has 0 amide bonds. The van der Waals surface area contributed by atoms with Crippen molar-refractivity contribution in [2.75, 3.05) is 7.11 Å². The molecule has 21 heavy (non-hydrogen) atoms. The van der Waals surface area contributed by atoms with Gasteiger partial charge in [0.2, 0.25) is 0 Å². The number of carbonyl (C=O) groups excluding carboxylic acids is 1. The fourth-order valence-electron chi connectivity index (χ4n) is 5.11. The molecule has 7 unspecified atom stereocenters. The number of nitrogens with one attached hydrogen (secondary N) is 1. The smallest absolute Gasteiger partial charge is 0.310 e. The van der Waals surface area contributed by atoms with Gasteiger partial charge in [0, 0.05) is 16.0 Å². The maximum absolute atomic E-state index is 12.3. The lowest BCUT2D eigenvalue weighted by atomic mass is 9.67. The van der Waals surface area contributed by atoms with Crippen LogP contribution in [0.15, 0.2) is 0 Å². The highest BCUT2D eigenvalue weighted by atomic mass is 127. The summed E-state index contributed by atoms with van der Waals surface area (Å²) in [4.78, 5) is 12.3. The zero-order valence-corrected chi connectivity index (χ0v) is 15.3. The minimum Gasteiger partial charge on any atom is -0.469 e. The van der Waals surface area contributed by atoms with E-state index in [4.69, 9.17) is 4.74 Å². The molecule has 1 aliphatic carbocycles. The largest absolute Gasteiger partial charge is 0.469 e. The van der Waals surface area contributed by atoms with Gasteiger partial charge in [-0.1, -0.05) is 35.9 Å². The normalized spacial score (nSPS) is 46.3. The minimum atomic E-state index is 0.0282. The van der Waals surface area contributed by atoms with Crippen molar-refractivity contribution in [3.63, 3.8) is 0 Å². The highest BCUT2D eigenvalue weighted by molar-refractivity contribution is 14.1. The third kappa shape index (κ3) is 3.12. The molecule has 3 fully saturated rings. The number of methoxy groups -OCH3 is 1. The fraction of sp³-hybridized carbons (Fsp3) is 0.941. The SMILES string of the molecule is CCC1CCC(C2CC3CCC(N3)C2C(=O)OC)CC1I. The Kier molecular flexibility index (Phi) is 5.14. The van der Waals surface area contributed by atoms with Crippen LogP contribution in [0, 0.1) is 23.7 Å². The molecule has 120 valence electrons. The number of alkyl halides is 1. The number of hydrogen-bond acceptors (Lipinski definition) is 3. The van der Waals surface area contributed by atoms with Gasteiger partial charge >= 0.3 is 5.97 Å². The second-order valence-corrected chi connectivity index (χ2v) is 8.85. The first-order valence-electron chi connectivity index (χ1n) is 8.62. The molecule has 0 radical (unpaired) electrons. The summed E-state index contributed by atoms with van der Waals surface area (Å²) in [6.07, 6.45) is 8.85. The number of ether oxygens (including phenoxy) is 1. The molecule has 3 nitrogen and oxygen atoms in total. The van der Waals surface area contributed by atoms with E-state index in [9.17, 15) is 4.79 Å². The highest BCUT2D eigenvalue weighted by Crippen LogP contribution is 2.47. The van der Waals surface area contributed by atoms with E-state index in [2.05, 4.69) is 34.8 Å². The quantitative estimate of drug-likeness (QED) is 0.444. The van der Waals surface area contributed by atoms with E-state index in [0.717, 1.165) is 22.2 Å². The van der Waals surface area contributed by atoms with Crippen LogP contribution < -0.4 is 5.32 Å². The number of esters is 1. The Morgan fingerprint density at radius 2 is 2.05 bits per heavy atom. The Morgan fingerprint density at radius 1 is 1.24 bits per heavy atom. The van der Waals surface area contributed by atoms with Crippen molar-refractivity contribution < 1.29 is 9.53 Å². The molecule has 2 bridgehead atoms. The van der Waals surface area contributed by atoms with Gasteiger partial charge in [0.15, 0.2) is 0 Å². The van der Waals surface area contributed by atoms with E-state index in [1.165, 1.54) is 38.5 Å². The van der Waals surface area contributed by atoms with E-state index in [1.54, 1.807) is 7.11 Å². The summed E-state index contributed by atoms with van der Waals surface area (Å²) < 4.78 is 5.94. The molecular weight excluding hydrogens is 377 g/mol. The van der Waals surface area contributed by atoms with Gasteiger partial charge in [0.25, 0.3) is 0 Å². The molecule has 3 rings (SSSR count). The third-order valence-corrected chi connectivity index (χ3v) is 7.80. The highest BCUT2D eigenvalue weighted by Gasteiger charge is 2.49. The molecule has 2 heterocycles. The molecule has 1 N–H and O–H groups in total. The maximum atomic E-state index is 12.3. The van der Waals surface area contributed by atoms with Crippen LogP contribution in [-0.4, -0.2) is 29.1 Å². The fourth-order valence-corrected chi connectivity index (χ4v) is 6.63. The second-order valence-electron chi connectivity index (χ2n) is 7.25. The summed E-state index contributed by atoms with van der Waals surface area (Å²) in [5, 5.41) is 3.65. The zero-order chi connectivity index (χ0) is 15.0. The first-order valence-corrected chi connectivity index (χ1v) is 9.86. The van der Waals surface area contributed by atoms with E-state index in [0.29, 0.717) is 18.0 Å². The first kappa shape index (κ1) is 16.0. The standard InChI is InChI=1S/C17H28INO2/c1-3-10-4-5-11(8-14(10)18)13-9-12-6-7-15(19-12)16(13)17(20)21-2/h10-16,19H,3-9H2,1-2H3. The summed E-state index contributed by atoms with van der Waals surface area (Å²) in [7, 11) is 1.55. The van der Waals surface area contributed by atoms with Crippen LogP contribution >= 0.6 is 22.6 Å². The van der Waals surface area contributed by atoms with E-state index in [1.807, 2.05) is 0 Å². The Morgan fingerprint density at radius 3 is 2.71 bits per heavy atom. The number of fused-ring (bicyclic) bond motifs is 2. The van der Waals surface area contributed by atoms with E-state index < -0.39 is 0 Å². The van der Waals surface area contributed by atoms with Crippen molar-refractivity contribution in [2.45, 2.75) is 67.9 Å². The van der Waals surface area contributed by atoms with E-state index in [-0.39, 0.29) is 11.9 Å². The van der Waals surface area contributed by atoms with Crippen LogP contribution in [0.3, 0.4) is 0 Å². The summed E-state index contributed by atoms with van der Waals surface area (Å²) in [6, 6.07) is 1.02. The van der Waals surface area contributed by atoms with Crippen molar-refractivity contribution in [3.05, 3.63) is 0 Å². The number of rotatable bonds is 3. The number of hydrogen-bond donors (Lipinski definition) is 1. The Labute approximate surface area is 142 Å². The molecule has 0 spiro atoms. The Hall–Kier alpha value is 0.160. The third-order valence-electron chi connectivity index (χ3n) is 6.28. The monoisotopic (exact) mass is 405 g/mol. The minimum absolute atomic E-state index is 0.0282. The number of halogens is 1. The zero-order valence-electron chi connectivity index (χ0n) is 13.2. The summed E-state index contributed by atoms with van der Waals surface area (Å²) in [5.41, 5.74) is 0. The topological polar surface area (TPSA) is 38.3 Å². The molecular formula is C17H28INO2. The van der Waals surface area contributed by atoms with Crippen molar-refractivity contribution in [2.24, 2.45) is 23.7 Å². The average molecular weight is 405 g/mol. The second kappa shape index (κ2) is 6.73. The van der Waals surface area contributed by atoms with Crippen LogP contribution in [0.25, 0.3) is 0 Å². The average Bonchev–Trinajstić information content (AvgIpc) is 2.87. The lowest BCUT2D eigenvalue weighted by molar-refractivity contribution is -0.151. The molecule has 1 saturated carbocycles. The molecule has 0 aromatic carbocycles. The predicted octanol–water partition coefficient (Wildman–Crippen LogP) is 3.55. The van der Waals surface area contributed by atoms with Gasteiger partial charge in [-0.15, -0.1) is 0 Å². The van der Waals surface area contributed by atoms with Gasteiger partial charge in [0.1, 0.15) is 0 Å². The summed E-state index contributed by atoms with van der Waals surface area (Å²) in [6.45, 7) is 2.32. The Balaban J connectivity index is 1.74. The van der Waals surface area contributed by atoms with Gasteiger partial charge in [-0.25, -0.2) is 0 Å². The van der Waals surface area contributed by atoms with Crippen LogP contribution in [0.2, 0.25) is 0 Å². The lowest BCUT2D eigenvalue weighted by Crippen LogP contribution is -2.51. The van der Waals surface area contributed by atoms with Crippen molar-refractivity contribution in [1.29, 1.82) is 0 Å². The molecule has 0 aromatic rings. The number of carbonyl (C=O) groups is 1. The van der Waals surface area contributed by atoms with E-state index >= 15 is 0 Å². The molecule has 0 aromatic heterocycles. The van der Waals surface area contributed by atoms with Crippen molar-refractivity contribution >= 4 is 28.6 Å².